The van der Waals surface area contributed by atoms with Crippen molar-refractivity contribution >= 4 is 23.5 Å². The highest BCUT2D eigenvalue weighted by molar-refractivity contribution is 6.06. The minimum atomic E-state index is -1.38. The molecule has 0 bridgehead atoms. The summed E-state index contributed by atoms with van der Waals surface area (Å²) in [6, 6.07) is 4.21. The van der Waals surface area contributed by atoms with Gasteiger partial charge in [0.15, 0.2) is 0 Å². The van der Waals surface area contributed by atoms with Crippen LogP contribution in [0.3, 0.4) is 0 Å². The van der Waals surface area contributed by atoms with Crippen LogP contribution in [0.15, 0.2) is 42.5 Å². The Balaban J connectivity index is 1.73. The molecule has 2 fully saturated rings. The predicted molar refractivity (Wildman–Crippen MR) is 142 cm³/mol. The van der Waals surface area contributed by atoms with Crippen LogP contribution in [0, 0.1) is 31.6 Å². The zero-order chi connectivity index (χ0) is 27.4. The number of aliphatic hydroxyl groups is 1. The van der Waals surface area contributed by atoms with E-state index in [1.807, 2.05) is 77.1 Å². The normalized spacial score (nSPS) is 33.4. The third-order valence-corrected chi connectivity index (χ3v) is 8.86. The molecule has 0 saturated carbocycles. The van der Waals surface area contributed by atoms with Crippen LogP contribution in [-0.2, 0) is 23.9 Å². The van der Waals surface area contributed by atoms with Crippen molar-refractivity contribution in [2.75, 3.05) is 24.7 Å². The maximum atomic E-state index is 14.7. The first kappa shape index (κ1) is 26.6. The molecule has 0 radical (unpaired) electrons. The highest BCUT2D eigenvalue weighted by Gasteiger charge is 2.76. The second-order valence-electron chi connectivity index (χ2n) is 11.3. The number of likely N-dealkylation sites (tertiary alicyclic amines) is 1. The van der Waals surface area contributed by atoms with Crippen molar-refractivity contribution in [2.45, 2.75) is 70.7 Å². The van der Waals surface area contributed by atoms with Crippen molar-refractivity contribution in [2.24, 2.45) is 17.8 Å². The van der Waals surface area contributed by atoms with Gasteiger partial charge in [-0.05, 0) is 43.7 Å². The van der Waals surface area contributed by atoms with Gasteiger partial charge in [0.1, 0.15) is 23.2 Å². The van der Waals surface area contributed by atoms with Crippen molar-refractivity contribution in [3.63, 3.8) is 0 Å². The molecule has 1 N–H and O–H groups in total. The second-order valence-corrected chi connectivity index (χ2v) is 11.3. The fourth-order valence-corrected chi connectivity index (χ4v) is 7.08. The Kier molecular flexibility index (Phi) is 6.76. The lowest BCUT2D eigenvalue weighted by Crippen LogP contribution is -2.60. The van der Waals surface area contributed by atoms with Crippen molar-refractivity contribution in [3.05, 3.63) is 53.6 Å². The zero-order valence-corrected chi connectivity index (χ0v) is 22.8. The number of para-hydroxylation sites is 1. The lowest BCUT2D eigenvalue weighted by molar-refractivity contribution is -0.162. The first-order chi connectivity index (χ1) is 18.1. The molecular formula is C30H38N2O6. The number of fused-ring (bicyclic) bond motifs is 2. The monoisotopic (exact) mass is 522 g/mol. The zero-order valence-electron chi connectivity index (χ0n) is 22.8. The summed E-state index contributed by atoms with van der Waals surface area (Å²) in [5.74, 6) is -3.09. The molecule has 8 heteroatoms. The first-order valence-corrected chi connectivity index (χ1v) is 13.7. The Morgan fingerprint density at radius 2 is 1.76 bits per heavy atom. The van der Waals surface area contributed by atoms with Gasteiger partial charge in [0.2, 0.25) is 5.91 Å². The molecule has 0 aromatic heterocycles. The molecule has 5 rings (SSSR count). The van der Waals surface area contributed by atoms with E-state index in [2.05, 4.69) is 0 Å². The van der Waals surface area contributed by atoms with Crippen LogP contribution in [0.2, 0.25) is 0 Å². The third-order valence-electron chi connectivity index (χ3n) is 8.86. The van der Waals surface area contributed by atoms with Crippen LogP contribution in [0.4, 0.5) is 5.69 Å². The highest BCUT2D eigenvalue weighted by Crippen LogP contribution is 2.59. The molecular weight excluding hydrogens is 484 g/mol. The van der Waals surface area contributed by atoms with E-state index >= 15 is 0 Å². The van der Waals surface area contributed by atoms with Crippen molar-refractivity contribution in [1.29, 1.82) is 0 Å². The Labute approximate surface area is 224 Å². The summed E-state index contributed by atoms with van der Waals surface area (Å²) < 4.78 is 12.5. The number of esters is 1. The number of hydrogen-bond acceptors (Lipinski definition) is 6. The van der Waals surface area contributed by atoms with Gasteiger partial charge in [0.25, 0.3) is 5.91 Å². The number of carbonyl (C=O) groups is 3. The number of carbonyl (C=O) groups excluding carboxylic acids is 3. The second kappa shape index (κ2) is 9.65. The minimum Gasteiger partial charge on any atom is -0.465 e. The quantitative estimate of drug-likeness (QED) is 0.472. The Morgan fingerprint density at radius 1 is 1.05 bits per heavy atom. The van der Waals surface area contributed by atoms with E-state index in [9.17, 15) is 19.5 Å². The SMILES string of the molecule is CC[C@@]12C=CCCOC(=O)[C@@H]1[C@H]1C(=O)N([C@@H](CO)C(C)C)C3C(=O)N(c4c(C)cccc4C)CC=C[C@@]31O2. The maximum Gasteiger partial charge on any atom is 0.313 e. The largest absolute Gasteiger partial charge is 0.465 e. The van der Waals surface area contributed by atoms with E-state index in [1.54, 1.807) is 4.90 Å². The van der Waals surface area contributed by atoms with Crippen LogP contribution in [-0.4, -0.2) is 70.8 Å². The van der Waals surface area contributed by atoms with Crippen LogP contribution >= 0.6 is 0 Å². The lowest BCUT2D eigenvalue weighted by Gasteiger charge is -2.42. The average molecular weight is 523 g/mol. The van der Waals surface area contributed by atoms with Crippen LogP contribution in [0.1, 0.15) is 44.7 Å². The Hall–Kier alpha value is -2.97. The van der Waals surface area contributed by atoms with Crippen molar-refractivity contribution < 1.29 is 29.0 Å². The van der Waals surface area contributed by atoms with Gasteiger partial charge in [0.05, 0.1) is 25.2 Å². The summed E-state index contributed by atoms with van der Waals surface area (Å²) in [4.78, 5) is 45.9. The smallest absolute Gasteiger partial charge is 0.313 e. The van der Waals surface area contributed by atoms with Crippen LogP contribution < -0.4 is 4.90 Å². The van der Waals surface area contributed by atoms with Crippen molar-refractivity contribution in [3.8, 4) is 0 Å². The number of hydrogen-bond donors (Lipinski definition) is 1. The number of cyclic esters (lactones) is 1. The molecule has 1 spiro atoms. The third kappa shape index (κ3) is 3.67. The highest BCUT2D eigenvalue weighted by atomic mass is 16.6. The van der Waals surface area contributed by atoms with E-state index < -0.39 is 41.1 Å². The summed E-state index contributed by atoms with van der Waals surface area (Å²) in [6.45, 7) is 9.91. The summed E-state index contributed by atoms with van der Waals surface area (Å²) in [5.41, 5.74) is 0.239. The molecule has 8 nitrogen and oxygen atoms in total. The molecule has 2 amide bonds. The summed E-state index contributed by atoms with van der Waals surface area (Å²) in [6.07, 6.45) is 8.56. The fourth-order valence-electron chi connectivity index (χ4n) is 7.08. The molecule has 1 aromatic rings. The van der Waals surface area contributed by atoms with Gasteiger partial charge in [-0.1, -0.05) is 63.3 Å². The number of amides is 2. The van der Waals surface area contributed by atoms with Gasteiger partial charge in [-0.3, -0.25) is 14.4 Å². The first-order valence-electron chi connectivity index (χ1n) is 13.7. The molecule has 204 valence electrons. The van der Waals surface area contributed by atoms with Gasteiger partial charge in [0, 0.05) is 12.2 Å². The number of ether oxygens (including phenoxy) is 2. The molecule has 1 aromatic carbocycles. The van der Waals surface area contributed by atoms with Gasteiger partial charge in [-0.2, -0.15) is 0 Å². The molecule has 6 atom stereocenters. The predicted octanol–water partition coefficient (Wildman–Crippen LogP) is 3.09. The van der Waals surface area contributed by atoms with Gasteiger partial charge < -0.3 is 24.4 Å². The van der Waals surface area contributed by atoms with E-state index in [-0.39, 0.29) is 30.9 Å². The molecule has 4 aliphatic heterocycles. The molecule has 4 aliphatic rings. The standard InChI is InChI=1S/C30H38N2O6/c1-6-29-13-7-8-16-37-28(36)23(29)22-26(34)32(21(17-33)18(2)3)25-27(35)31(15-10-14-30(22,25)38-29)24-19(4)11-9-12-20(24)5/h7,9-14,18,21-23,25,33H,6,8,15-17H2,1-5H3/t21-,22-,23-,25?,29+,30-/m0/s1. The topological polar surface area (TPSA) is 96.4 Å². The lowest BCUT2D eigenvalue weighted by atomic mass is 9.73. The summed E-state index contributed by atoms with van der Waals surface area (Å²) >= 11 is 0. The van der Waals surface area contributed by atoms with Crippen molar-refractivity contribution in [1.82, 2.24) is 4.90 Å². The Bertz CT molecular complexity index is 1190. The summed E-state index contributed by atoms with van der Waals surface area (Å²) in [7, 11) is 0. The van der Waals surface area contributed by atoms with E-state index in [4.69, 9.17) is 9.47 Å². The number of benzene rings is 1. The molecule has 1 unspecified atom stereocenters. The molecule has 0 aliphatic carbocycles. The van der Waals surface area contributed by atoms with Crippen LogP contribution in [0.25, 0.3) is 0 Å². The van der Waals surface area contributed by atoms with Gasteiger partial charge in [-0.15, -0.1) is 0 Å². The van der Waals surface area contributed by atoms with Gasteiger partial charge in [-0.25, -0.2) is 0 Å². The van der Waals surface area contributed by atoms with E-state index in [0.29, 0.717) is 19.4 Å². The number of nitrogens with zero attached hydrogens (tertiary/aromatic N) is 2. The summed E-state index contributed by atoms with van der Waals surface area (Å²) in [5, 5.41) is 10.4. The van der Waals surface area contributed by atoms with Crippen LogP contribution in [0.5, 0.6) is 0 Å². The number of aliphatic hydroxyl groups excluding tert-OH is 1. The number of rotatable bonds is 5. The van der Waals surface area contributed by atoms with Gasteiger partial charge >= 0.3 is 5.97 Å². The minimum absolute atomic E-state index is 0.131. The van der Waals surface area contributed by atoms with E-state index in [1.165, 1.54) is 4.90 Å². The average Bonchev–Trinajstić information content (AvgIpc) is 3.21. The maximum absolute atomic E-state index is 14.7. The molecule has 38 heavy (non-hydrogen) atoms. The number of anilines is 1. The molecule has 2 saturated heterocycles. The van der Waals surface area contributed by atoms with E-state index in [0.717, 1.165) is 16.8 Å². The number of aryl methyl sites for hydroxylation is 2. The molecule has 4 heterocycles. The fraction of sp³-hybridized carbons (Fsp3) is 0.567. The Morgan fingerprint density at radius 3 is 2.39 bits per heavy atom.